The summed E-state index contributed by atoms with van der Waals surface area (Å²) in [5.74, 6) is 0. The number of hydrogen-bond acceptors (Lipinski definition) is 3. The van der Waals surface area contributed by atoms with Gasteiger partial charge in [-0.05, 0) is 17.7 Å². The zero-order valence-electron chi connectivity index (χ0n) is 10.7. The average molecular weight is 349 g/mol. The van der Waals surface area contributed by atoms with E-state index in [-0.39, 0.29) is 6.10 Å². The summed E-state index contributed by atoms with van der Waals surface area (Å²) < 4.78 is 34.5. The Morgan fingerprint density at radius 2 is 2.11 bits per heavy atom. The van der Waals surface area contributed by atoms with Crippen molar-refractivity contribution < 1.29 is 13.2 Å². The molecule has 19 heavy (non-hydrogen) atoms. The van der Waals surface area contributed by atoms with Crippen molar-refractivity contribution in [2.45, 2.75) is 13.0 Å². The number of hydrogen-bond donors (Lipinski definition) is 1. The minimum atomic E-state index is -3.39. The van der Waals surface area contributed by atoms with Gasteiger partial charge in [0.05, 0.1) is 12.7 Å². The Hall–Kier alpha value is -0.470. The molecule has 1 atom stereocenters. The first kappa shape index (κ1) is 14.9. The summed E-state index contributed by atoms with van der Waals surface area (Å²) in [6.07, 6.45) is -0.213. The lowest BCUT2D eigenvalue weighted by molar-refractivity contribution is -0.00290. The van der Waals surface area contributed by atoms with Gasteiger partial charge in [0.1, 0.15) is 0 Å². The fraction of sp³-hybridized carbons (Fsp3) is 0.500. The molecule has 0 bridgehead atoms. The highest BCUT2D eigenvalue weighted by atomic mass is 79.9. The van der Waals surface area contributed by atoms with E-state index in [0.717, 1.165) is 10.0 Å². The van der Waals surface area contributed by atoms with E-state index in [4.69, 9.17) is 4.74 Å². The van der Waals surface area contributed by atoms with Crippen LogP contribution in [0, 0.1) is 0 Å². The van der Waals surface area contributed by atoms with Crippen LogP contribution in [0.4, 0.5) is 0 Å². The molecule has 0 radical (unpaired) electrons. The maximum atomic E-state index is 12.0. The van der Waals surface area contributed by atoms with Crippen molar-refractivity contribution in [3.63, 3.8) is 0 Å². The summed E-state index contributed by atoms with van der Waals surface area (Å²) in [6, 6.07) is 7.74. The van der Waals surface area contributed by atoms with Crippen LogP contribution >= 0.6 is 15.9 Å². The first-order chi connectivity index (χ1) is 9.03. The number of nitrogens with zero attached hydrogens (tertiary/aromatic N) is 1. The monoisotopic (exact) mass is 348 g/mol. The minimum Gasteiger partial charge on any atom is -0.371 e. The van der Waals surface area contributed by atoms with Crippen LogP contribution in [0.3, 0.4) is 0 Å². The maximum absolute atomic E-state index is 12.0. The van der Waals surface area contributed by atoms with E-state index in [2.05, 4.69) is 20.7 Å². The smallest absolute Gasteiger partial charge is 0.279 e. The van der Waals surface area contributed by atoms with Gasteiger partial charge in [-0.25, -0.2) is 4.72 Å². The van der Waals surface area contributed by atoms with Crippen LogP contribution < -0.4 is 4.72 Å². The number of rotatable bonds is 4. The van der Waals surface area contributed by atoms with Crippen LogP contribution in [0.1, 0.15) is 18.6 Å². The van der Waals surface area contributed by atoms with E-state index in [0.29, 0.717) is 26.2 Å². The Labute approximate surface area is 122 Å². The number of ether oxygens (including phenoxy) is 1. The van der Waals surface area contributed by atoms with Crippen LogP contribution in [0.25, 0.3) is 0 Å². The van der Waals surface area contributed by atoms with Crippen LogP contribution in [0.2, 0.25) is 0 Å². The maximum Gasteiger partial charge on any atom is 0.279 e. The number of halogens is 1. The summed E-state index contributed by atoms with van der Waals surface area (Å²) in [4.78, 5) is 0. The van der Waals surface area contributed by atoms with E-state index < -0.39 is 10.2 Å². The molecule has 0 aliphatic carbocycles. The molecule has 1 N–H and O–H groups in total. The molecular weight excluding hydrogens is 332 g/mol. The third-order valence-electron chi connectivity index (χ3n) is 2.94. The Bertz CT molecular complexity index is 518. The molecule has 0 amide bonds. The quantitative estimate of drug-likeness (QED) is 0.900. The lowest BCUT2D eigenvalue weighted by Gasteiger charge is -2.32. The normalized spacial score (nSPS) is 21.5. The van der Waals surface area contributed by atoms with Crippen LogP contribution in [0.5, 0.6) is 0 Å². The molecule has 106 valence electrons. The highest BCUT2D eigenvalue weighted by Gasteiger charge is 2.29. The van der Waals surface area contributed by atoms with E-state index in [1.54, 1.807) is 6.92 Å². The molecule has 1 fully saturated rings. The molecule has 1 heterocycles. The summed E-state index contributed by atoms with van der Waals surface area (Å²) in [6.45, 7) is 3.30. The molecule has 1 aromatic rings. The van der Waals surface area contributed by atoms with E-state index in [9.17, 15) is 8.42 Å². The predicted octanol–water partition coefficient (Wildman–Crippen LogP) is 1.68. The summed E-state index contributed by atoms with van der Waals surface area (Å²) in [5, 5.41) is 0. The van der Waals surface area contributed by atoms with E-state index in [1.165, 1.54) is 4.31 Å². The third-order valence-corrected chi connectivity index (χ3v) is 5.13. The van der Waals surface area contributed by atoms with Gasteiger partial charge < -0.3 is 4.74 Å². The molecule has 1 aliphatic heterocycles. The summed E-state index contributed by atoms with van der Waals surface area (Å²) >= 11 is 3.38. The molecule has 0 spiro atoms. The first-order valence-electron chi connectivity index (χ1n) is 6.14. The fourth-order valence-electron chi connectivity index (χ4n) is 2.00. The largest absolute Gasteiger partial charge is 0.371 e. The van der Waals surface area contributed by atoms with Crippen molar-refractivity contribution in [1.82, 2.24) is 9.03 Å². The van der Waals surface area contributed by atoms with Gasteiger partial charge >= 0.3 is 0 Å². The van der Waals surface area contributed by atoms with Crippen LogP contribution in [-0.4, -0.2) is 39.0 Å². The van der Waals surface area contributed by atoms with E-state index in [1.807, 2.05) is 24.3 Å². The highest BCUT2D eigenvalue weighted by molar-refractivity contribution is 9.10. The van der Waals surface area contributed by atoms with Gasteiger partial charge in [0, 0.05) is 24.1 Å². The predicted molar refractivity (Wildman–Crippen MR) is 77.0 cm³/mol. The molecule has 1 unspecified atom stereocenters. The summed E-state index contributed by atoms with van der Waals surface area (Å²) in [7, 11) is -3.39. The summed E-state index contributed by atoms with van der Waals surface area (Å²) in [5.41, 5.74) is 0.986. The molecule has 5 nitrogen and oxygen atoms in total. The molecule has 1 aromatic carbocycles. The zero-order chi connectivity index (χ0) is 13.9. The number of benzene rings is 1. The number of nitrogens with one attached hydrogen (secondary N) is 1. The molecule has 2 rings (SSSR count). The van der Waals surface area contributed by atoms with Gasteiger partial charge in [-0.1, -0.05) is 35.0 Å². The Morgan fingerprint density at radius 3 is 2.74 bits per heavy atom. The Morgan fingerprint density at radius 1 is 1.42 bits per heavy atom. The molecule has 0 aromatic heterocycles. The Balaban J connectivity index is 2.11. The lowest BCUT2D eigenvalue weighted by atomic mass is 10.1. The van der Waals surface area contributed by atoms with E-state index >= 15 is 0 Å². The first-order valence-corrected chi connectivity index (χ1v) is 8.38. The SMILES string of the molecule is CCNS(=O)(=O)N1CCOC(c2ccc(Br)cc2)C1. The fourth-order valence-corrected chi connectivity index (χ4v) is 3.46. The van der Waals surface area contributed by atoms with Crippen molar-refractivity contribution >= 4 is 26.1 Å². The third kappa shape index (κ3) is 3.76. The van der Waals surface area contributed by atoms with Crippen LogP contribution in [-0.2, 0) is 14.9 Å². The Kier molecular flexibility index (Phi) is 4.97. The van der Waals surface area contributed by atoms with Gasteiger partial charge in [0.2, 0.25) is 0 Å². The molecule has 1 aliphatic rings. The van der Waals surface area contributed by atoms with Crippen molar-refractivity contribution in [1.29, 1.82) is 0 Å². The van der Waals surface area contributed by atoms with Crippen molar-refractivity contribution in [3.05, 3.63) is 34.3 Å². The second-order valence-corrected chi connectivity index (χ2v) is 6.94. The van der Waals surface area contributed by atoms with Gasteiger partial charge in [-0.2, -0.15) is 12.7 Å². The second-order valence-electron chi connectivity index (χ2n) is 4.27. The standard InChI is InChI=1S/C12H17BrN2O3S/c1-2-14-19(16,17)15-7-8-18-12(9-15)10-3-5-11(13)6-4-10/h3-6,12,14H,2,7-9H2,1H3. The molecule has 0 saturated carbocycles. The van der Waals surface area contributed by atoms with Crippen molar-refractivity contribution in [2.75, 3.05) is 26.2 Å². The van der Waals surface area contributed by atoms with Gasteiger partial charge in [0.15, 0.2) is 0 Å². The number of morpholine rings is 1. The minimum absolute atomic E-state index is 0.213. The molecule has 1 saturated heterocycles. The molecule has 7 heteroatoms. The zero-order valence-corrected chi connectivity index (χ0v) is 13.1. The van der Waals surface area contributed by atoms with Crippen molar-refractivity contribution in [2.24, 2.45) is 0 Å². The molecular formula is C12H17BrN2O3S. The van der Waals surface area contributed by atoms with Gasteiger partial charge in [-0.3, -0.25) is 0 Å². The second kappa shape index (κ2) is 6.32. The topological polar surface area (TPSA) is 58.6 Å². The highest BCUT2D eigenvalue weighted by Crippen LogP contribution is 2.24. The van der Waals surface area contributed by atoms with Crippen molar-refractivity contribution in [3.8, 4) is 0 Å². The average Bonchev–Trinajstić information content (AvgIpc) is 2.40. The van der Waals surface area contributed by atoms with Gasteiger partial charge in [-0.15, -0.1) is 0 Å². The van der Waals surface area contributed by atoms with Gasteiger partial charge in [0.25, 0.3) is 10.2 Å². The van der Waals surface area contributed by atoms with Crippen LogP contribution in [0.15, 0.2) is 28.7 Å². The lowest BCUT2D eigenvalue weighted by Crippen LogP contribution is -2.47.